The molecule has 1 unspecified atom stereocenters. The van der Waals surface area contributed by atoms with Crippen molar-refractivity contribution in [3.63, 3.8) is 0 Å². The lowest BCUT2D eigenvalue weighted by Gasteiger charge is -2.21. The molecule has 0 spiro atoms. The van der Waals surface area contributed by atoms with E-state index in [1.54, 1.807) is 30.3 Å². The molecule has 3 aromatic rings. The Morgan fingerprint density at radius 1 is 1.05 bits per heavy atom. The topological polar surface area (TPSA) is 134 Å². The van der Waals surface area contributed by atoms with Gasteiger partial charge in [-0.1, -0.05) is 17.7 Å². The summed E-state index contributed by atoms with van der Waals surface area (Å²) < 4.78 is 17.3. The van der Waals surface area contributed by atoms with Gasteiger partial charge in [0.2, 0.25) is 0 Å². The van der Waals surface area contributed by atoms with Crippen LogP contribution in [-0.2, 0) is 16.0 Å². The van der Waals surface area contributed by atoms with E-state index in [0.29, 0.717) is 33.0 Å². The molecule has 0 aliphatic heterocycles. The first-order valence-electron chi connectivity index (χ1n) is 11.2. The minimum atomic E-state index is -0.869. The maximum absolute atomic E-state index is 13.4. The molecule has 0 radical (unpaired) electrons. The Labute approximate surface area is 218 Å². The molecule has 1 heterocycles. The fourth-order valence-corrected chi connectivity index (χ4v) is 4.21. The van der Waals surface area contributed by atoms with Crippen LogP contribution in [-0.4, -0.2) is 44.2 Å². The van der Waals surface area contributed by atoms with E-state index < -0.39 is 17.5 Å². The molecule has 2 N–H and O–H groups in total. The van der Waals surface area contributed by atoms with E-state index in [1.165, 1.54) is 44.2 Å². The Balaban J connectivity index is 2.04. The quantitative estimate of drug-likeness (QED) is 0.406. The Hall–Kier alpha value is -4.13. The van der Waals surface area contributed by atoms with Gasteiger partial charge in [0.05, 0.1) is 43.7 Å². The first kappa shape index (κ1) is 27.5. The van der Waals surface area contributed by atoms with E-state index >= 15 is 0 Å². The molecule has 37 heavy (non-hydrogen) atoms. The van der Waals surface area contributed by atoms with E-state index in [-0.39, 0.29) is 36.5 Å². The molecule has 0 aliphatic rings. The summed E-state index contributed by atoms with van der Waals surface area (Å²) >= 11 is 6.14. The van der Waals surface area contributed by atoms with Gasteiger partial charge < -0.3 is 24.5 Å². The van der Waals surface area contributed by atoms with Gasteiger partial charge in [-0.05, 0) is 42.3 Å². The largest absolute Gasteiger partial charge is 0.496 e. The normalized spacial score (nSPS) is 11.4. The standard InChI is InChI=1S/C27H26ClN3O6/c1-35-9-8-22(23(32)10-16-4-7-19(27(30)34)24(11-16)36-2)31-15-25(37-3)21(13-26(31)33)20-12-18(28)6-5-17(20)14-29/h4-7,11-13,15,22H,8-10H2,1-3H3,(H2,30,34). The molecule has 3 rings (SSSR count). The van der Waals surface area contributed by atoms with Crippen molar-refractivity contribution in [1.29, 1.82) is 5.26 Å². The fraction of sp³-hybridized carbons (Fsp3) is 0.259. The summed E-state index contributed by atoms with van der Waals surface area (Å²) in [5.74, 6) is -0.362. The number of pyridine rings is 1. The van der Waals surface area contributed by atoms with Crippen molar-refractivity contribution in [3.05, 3.63) is 80.7 Å². The molecular formula is C27H26ClN3O6. The zero-order chi connectivity index (χ0) is 27.1. The number of ether oxygens (including phenoxy) is 3. The van der Waals surface area contributed by atoms with Gasteiger partial charge in [0.25, 0.3) is 11.5 Å². The number of rotatable bonds is 11. The molecule has 2 aromatic carbocycles. The number of methoxy groups -OCH3 is 3. The van der Waals surface area contributed by atoms with Crippen LogP contribution in [0.1, 0.15) is 33.9 Å². The number of benzene rings is 2. The summed E-state index contributed by atoms with van der Waals surface area (Å²) in [7, 11) is 4.34. The zero-order valence-electron chi connectivity index (χ0n) is 20.6. The predicted octanol–water partition coefficient (Wildman–Crippen LogP) is 3.55. The van der Waals surface area contributed by atoms with E-state index in [9.17, 15) is 19.6 Å². The van der Waals surface area contributed by atoms with Crippen molar-refractivity contribution in [3.8, 4) is 28.7 Å². The number of nitrogens with zero attached hydrogens (tertiary/aromatic N) is 2. The van der Waals surface area contributed by atoms with Gasteiger partial charge in [-0.25, -0.2) is 0 Å². The van der Waals surface area contributed by atoms with Crippen LogP contribution >= 0.6 is 11.6 Å². The minimum absolute atomic E-state index is 0.0346. The number of primary amides is 1. The number of carbonyl (C=O) groups excluding carboxylic acids is 2. The smallest absolute Gasteiger partial charge is 0.252 e. The monoisotopic (exact) mass is 523 g/mol. The summed E-state index contributed by atoms with van der Waals surface area (Å²) in [6.45, 7) is 0.226. The summed E-state index contributed by atoms with van der Waals surface area (Å²) in [5.41, 5.74) is 6.84. The number of Topliss-reactive ketones (excluding diaryl/α,β-unsaturated/α-hetero) is 1. The van der Waals surface area contributed by atoms with Crippen molar-refractivity contribution in [2.45, 2.75) is 18.9 Å². The van der Waals surface area contributed by atoms with Gasteiger partial charge in [0.1, 0.15) is 11.5 Å². The Morgan fingerprint density at radius 2 is 1.78 bits per heavy atom. The Morgan fingerprint density at radius 3 is 2.41 bits per heavy atom. The summed E-state index contributed by atoms with van der Waals surface area (Å²) in [6, 6.07) is 12.0. The molecule has 0 aliphatic carbocycles. The lowest BCUT2D eigenvalue weighted by Crippen LogP contribution is -2.31. The number of hydrogen-bond donors (Lipinski definition) is 1. The molecule has 1 amide bonds. The molecule has 9 nitrogen and oxygen atoms in total. The lowest BCUT2D eigenvalue weighted by molar-refractivity contribution is -0.122. The third kappa shape index (κ3) is 6.17. The SMILES string of the molecule is COCCC(C(=O)Cc1ccc(C(N)=O)c(OC)c1)n1cc(OC)c(-c2cc(Cl)ccc2C#N)cc1=O. The van der Waals surface area contributed by atoms with E-state index in [4.69, 9.17) is 31.5 Å². The number of nitrogens with two attached hydrogens (primary N) is 1. The van der Waals surface area contributed by atoms with Gasteiger partial charge in [0.15, 0.2) is 5.78 Å². The van der Waals surface area contributed by atoms with E-state index in [1.807, 2.05) is 0 Å². The number of halogens is 1. The number of hydrogen-bond acceptors (Lipinski definition) is 7. The highest BCUT2D eigenvalue weighted by Gasteiger charge is 2.24. The first-order chi connectivity index (χ1) is 17.7. The van der Waals surface area contributed by atoms with Gasteiger partial charge >= 0.3 is 0 Å². The molecule has 1 atom stereocenters. The van der Waals surface area contributed by atoms with Crippen LogP contribution in [0.25, 0.3) is 11.1 Å². The van der Waals surface area contributed by atoms with Crippen LogP contribution in [0.2, 0.25) is 5.02 Å². The molecule has 192 valence electrons. The fourth-order valence-electron chi connectivity index (χ4n) is 4.03. The molecule has 0 fully saturated rings. The average Bonchev–Trinajstić information content (AvgIpc) is 2.89. The number of ketones is 1. The van der Waals surface area contributed by atoms with Gasteiger partial charge in [-0.2, -0.15) is 5.26 Å². The second kappa shape index (κ2) is 12.2. The third-order valence-corrected chi connectivity index (χ3v) is 6.10. The molecule has 1 aromatic heterocycles. The highest BCUT2D eigenvalue weighted by Crippen LogP contribution is 2.33. The number of amides is 1. The van der Waals surface area contributed by atoms with Crippen molar-refractivity contribution in [2.75, 3.05) is 27.9 Å². The molecule has 0 saturated heterocycles. The Bertz CT molecular complexity index is 1430. The van der Waals surface area contributed by atoms with E-state index in [0.717, 1.165) is 0 Å². The summed E-state index contributed by atoms with van der Waals surface area (Å²) in [5, 5.41) is 9.93. The Kier molecular flexibility index (Phi) is 9.06. The van der Waals surface area contributed by atoms with Crippen molar-refractivity contribution in [2.24, 2.45) is 5.73 Å². The number of nitriles is 1. The van der Waals surface area contributed by atoms with Gasteiger partial charge in [0, 0.05) is 42.4 Å². The van der Waals surface area contributed by atoms with Crippen LogP contribution in [0.15, 0.2) is 53.5 Å². The number of aromatic nitrogens is 1. The minimum Gasteiger partial charge on any atom is -0.496 e. The maximum Gasteiger partial charge on any atom is 0.252 e. The van der Waals surface area contributed by atoms with E-state index in [2.05, 4.69) is 6.07 Å². The molecule has 10 heteroatoms. The van der Waals surface area contributed by atoms with Crippen molar-refractivity contribution >= 4 is 23.3 Å². The highest BCUT2D eigenvalue weighted by molar-refractivity contribution is 6.31. The average molecular weight is 524 g/mol. The molecular weight excluding hydrogens is 498 g/mol. The lowest BCUT2D eigenvalue weighted by atomic mass is 9.98. The highest BCUT2D eigenvalue weighted by atomic mass is 35.5. The van der Waals surface area contributed by atoms with Crippen molar-refractivity contribution in [1.82, 2.24) is 4.57 Å². The summed E-state index contributed by atoms with van der Waals surface area (Å²) in [6.07, 6.45) is 1.65. The third-order valence-electron chi connectivity index (χ3n) is 5.87. The van der Waals surface area contributed by atoms with Crippen molar-refractivity contribution < 1.29 is 23.8 Å². The van der Waals surface area contributed by atoms with Gasteiger partial charge in [-0.15, -0.1) is 0 Å². The zero-order valence-corrected chi connectivity index (χ0v) is 21.4. The van der Waals surface area contributed by atoms with Crippen LogP contribution in [0.4, 0.5) is 0 Å². The van der Waals surface area contributed by atoms with Crippen LogP contribution in [0.5, 0.6) is 11.5 Å². The molecule has 0 saturated carbocycles. The second-order valence-electron chi connectivity index (χ2n) is 8.14. The van der Waals surface area contributed by atoms with Crippen LogP contribution in [0.3, 0.4) is 0 Å². The number of carbonyl (C=O) groups is 2. The maximum atomic E-state index is 13.4. The predicted molar refractivity (Wildman–Crippen MR) is 138 cm³/mol. The van der Waals surface area contributed by atoms with Crippen LogP contribution < -0.4 is 20.8 Å². The molecule has 0 bridgehead atoms. The van der Waals surface area contributed by atoms with Gasteiger partial charge in [-0.3, -0.25) is 14.4 Å². The van der Waals surface area contributed by atoms with Crippen LogP contribution in [0, 0.1) is 11.3 Å². The summed E-state index contributed by atoms with van der Waals surface area (Å²) in [4.78, 5) is 38.3. The first-order valence-corrected chi connectivity index (χ1v) is 11.6. The second-order valence-corrected chi connectivity index (χ2v) is 8.58.